The van der Waals surface area contributed by atoms with Gasteiger partial charge in [0.2, 0.25) is 0 Å². The first-order chi connectivity index (χ1) is 12.5. The molecule has 3 rings (SSSR count). The lowest BCUT2D eigenvalue weighted by Gasteiger charge is -2.17. The van der Waals surface area contributed by atoms with Gasteiger partial charge in [0, 0.05) is 36.6 Å². The molecule has 2 aromatic heterocycles. The molecule has 1 amide bonds. The Bertz CT molecular complexity index is 955. The molecule has 7 heteroatoms. The average Bonchev–Trinajstić information content (AvgIpc) is 2.66. The zero-order valence-corrected chi connectivity index (χ0v) is 14.9. The summed E-state index contributed by atoms with van der Waals surface area (Å²) in [4.78, 5) is 36.5. The van der Waals surface area contributed by atoms with Gasteiger partial charge in [0.25, 0.3) is 5.91 Å². The van der Waals surface area contributed by atoms with Crippen LogP contribution in [0.3, 0.4) is 0 Å². The first kappa shape index (κ1) is 17.8. The second-order valence-electron chi connectivity index (χ2n) is 5.82. The average molecular weight is 369 g/mol. The normalized spacial score (nSPS) is 10.5. The van der Waals surface area contributed by atoms with E-state index in [-0.39, 0.29) is 11.6 Å². The maximum Gasteiger partial charge on any atom is 0.346 e. The van der Waals surface area contributed by atoms with Gasteiger partial charge in [-0.3, -0.25) is 9.78 Å². The van der Waals surface area contributed by atoms with Crippen molar-refractivity contribution in [3.05, 3.63) is 81.6 Å². The van der Waals surface area contributed by atoms with Crippen molar-refractivity contribution >= 4 is 17.5 Å². The Kier molecular flexibility index (Phi) is 5.43. The van der Waals surface area contributed by atoms with Crippen LogP contribution < -0.4 is 5.69 Å². The fraction of sp³-hybridized carbons (Fsp3) is 0.158. The summed E-state index contributed by atoms with van der Waals surface area (Å²) < 4.78 is 0. The summed E-state index contributed by atoms with van der Waals surface area (Å²) in [5.41, 5.74) is 1.87. The molecule has 0 spiro atoms. The van der Waals surface area contributed by atoms with Gasteiger partial charge in [-0.25, -0.2) is 4.79 Å². The second kappa shape index (κ2) is 7.93. The third kappa shape index (κ3) is 4.34. The number of pyridine rings is 1. The Morgan fingerprint density at radius 3 is 2.54 bits per heavy atom. The molecule has 0 radical (unpaired) electrons. The molecule has 26 heavy (non-hydrogen) atoms. The Labute approximate surface area is 155 Å². The van der Waals surface area contributed by atoms with Gasteiger partial charge >= 0.3 is 5.69 Å². The third-order valence-corrected chi connectivity index (χ3v) is 4.20. The Balaban J connectivity index is 1.78. The zero-order chi connectivity index (χ0) is 18.5. The summed E-state index contributed by atoms with van der Waals surface area (Å²) in [7, 11) is 1.70. The number of nitrogens with one attached hydrogen (secondary N) is 1. The number of likely N-dealkylation sites (N-methyl/N-ethyl adjacent to an activating group) is 1. The van der Waals surface area contributed by atoms with Crippen LogP contribution in [0.4, 0.5) is 0 Å². The summed E-state index contributed by atoms with van der Waals surface area (Å²) in [5.74, 6) is -0.270. The Morgan fingerprint density at radius 1 is 1.15 bits per heavy atom. The number of aromatic nitrogens is 3. The standard InChI is InChI=1S/C19H17ClN4O2/c1-24(11-8-13-6-9-21-10-7-13)18(25)17-12-16(22-19(26)23-17)14-2-4-15(20)5-3-14/h2-7,9-10,12H,8,11H2,1H3,(H,22,23,26). The molecule has 0 aliphatic rings. The van der Waals surface area contributed by atoms with E-state index in [0.29, 0.717) is 29.2 Å². The van der Waals surface area contributed by atoms with E-state index in [0.717, 1.165) is 5.56 Å². The van der Waals surface area contributed by atoms with Crippen molar-refractivity contribution in [2.24, 2.45) is 0 Å². The summed E-state index contributed by atoms with van der Waals surface area (Å²) in [5, 5.41) is 0.589. The first-order valence-electron chi connectivity index (χ1n) is 8.04. The molecule has 0 aliphatic carbocycles. The zero-order valence-electron chi connectivity index (χ0n) is 14.1. The number of nitrogens with zero attached hydrogens (tertiary/aromatic N) is 3. The molecule has 2 heterocycles. The van der Waals surface area contributed by atoms with Crippen LogP contribution in [0.15, 0.2) is 59.7 Å². The fourth-order valence-corrected chi connectivity index (χ4v) is 2.62. The van der Waals surface area contributed by atoms with Crippen LogP contribution in [-0.2, 0) is 6.42 Å². The predicted octanol–water partition coefficient (Wildman–Crippen LogP) is 2.80. The van der Waals surface area contributed by atoms with Gasteiger partial charge in [0.05, 0.1) is 5.69 Å². The number of aromatic amines is 1. The number of hydrogen-bond donors (Lipinski definition) is 1. The van der Waals surface area contributed by atoms with Crippen molar-refractivity contribution < 1.29 is 4.79 Å². The molecule has 3 aromatic rings. The lowest BCUT2D eigenvalue weighted by Crippen LogP contribution is -2.31. The van der Waals surface area contributed by atoms with Gasteiger partial charge in [-0.05, 0) is 42.3 Å². The highest BCUT2D eigenvalue weighted by Gasteiger charge is 2.15. The van der Waals surface area contributed by atoms with E-state index in [2.05, 4.69) is 15.0 Å². The van der Waals surface area contributed by atoms with E-state index >= 15 is 0 Å². The van der Waals surface area contributed by atoms with Crippen LogP contribution in [0.25, 0.3) is 11.3 Å². The minimum Gasteiger partial charge on any atom is -0.340 e. The topological polar surface area (TPSA) is 79.0 Å². The van der Waals surface area contributed by atoms with Gasteiger partial charge in [-0.15, -0.1) is 0 Å². The maximum absolute atomic E-state index is 12.7. The third-order valence-electron chi connectivity index (χ3n) is 3.95. The van der Waals surface area contributed by atoms with Crippen molar-refractivity contribution in [1.29, 1.82) is 0 Å². The number of carbonyl (C=O) groups excluding carboxylic acids is 1. The maximum atomic E-state index is 12.7. The highest BCUT2D eigenvalue weighted by molar-refractivity contribution is 6.30. The van der Waals surface area contributed by atoms with E-state index in [1.807, 2.05) is 12.1 Å². The SMILES string of the molecule is CN(CCc1ccncc1)C(=O)c1cc(-c2ccc(Cl)cc2)nc(=O)[nH]1. The number of halogens is 1. The predicted molar refractivity (Wildman–Crippen MR) is 100 cm³/mol. The molecule has 0 saturated carbocycles. The molecule has 0 saturated heterocycles. The van der Waals surface area contributed by atoms with E-state index in [1.54, 1.807) is 54.7 Å². The largest absolute Gasteiger partial charge is 0.346 e. The van der Waals surface area contributed by atoms with Crippen LogP contribution in [0.1, 0.15) is 16.1 Å². The van der Waals surface area contributed by atoms with Crippen molar-refractivity contribution in [3.8, 4) is 11.3 Å². The monoisotopic (exact) mass is 368 g/mol. The number of H-pyrrole nitrogens is 1. The van der Waals surface area contributed by atoms with Gasteiger partial charge in [-0.2, -0.15) is 4.98 Å². The molecule has 0 atom stereocenters. The molecule has 132 valence electrons. The van der Waals surface area contributed by atoms with Crippen molar-refractivity contribution in [2.75, 3.05) is 13.6 Å². The van der Waals surface area contributed by atoms with E-state index in [9.17, 15) is 9.59 Å². The Morgan fingerprint density at radius 2 is 1.85 bits per heavy atom. The lowest BCUT2D eigenvalue weighted by atomic mass is 10.1. The van der Waals surface area contributed by atoms with Gasteiger partial charge < -0.3 is 9.88 Å². The quantitative estimate of drug-likeness (QED) is 0.751. The summed E-state index contributed by atoms with van der Waals surface area (Å²) in [6, 6.07) is 12.3. The lowest BCUT2D eigenvalue weighted by molar-refractivity contribution is 0.0790. The fourth-order valence-electron chi connectivity index (χ4n) is 2.49. The molecule has 0 aliphatic heterocycles. The van der Waals surface area contributed by atoms with Gasteiger partial charge in [0.15, 0.2) is 0 Å². The number of amides is 1. The van der Waals surface area contributed by atoms with Crippen LogP contribution in [-0.4, -0.2) is 39.4 Å². The second-order valence-corrected chi connectivity index (χ2v) is 6.26. The minimum absolute atomic E-state index is 0.201. The highest BCUT2D eigenvalue weighted by atomic mass is 35.5. The number of carbonyl (C=O) groups is 1. The molecule has 0 unspecified atom stereocenters. The summed E-state index contributed by atoms with van der Waals surface area (Å²) in [6.07, 6.45) is 4.13. The molecule has 0 bridgehead atoms. The van der Waals surface area contributed by atoms with Gasteiger partial charge in [0.1, 0.15) is 5.69 Å². The summed E-state index contributed by atoms with van der Waals surface area (Å²) >= 11 is 5.89. The molecule has 1 N–H and O–H groups in total. The smallest absolute Gasteiger partial charge is 0.340 e. The number of benzene rings is 1. The van der Waals surface area contributed by atoms with Crippen LogP contribution >= 0.6 is 11.6 Å². The number of rotatable bonds is 5. The highest BCUT2D eigenvalue weighted by Crippen LogP contribution is 2.19. The Hall–Kier alpha value is -2.99. The number of hydrogen-bond acceptors (Lipinski definition) is 4. The summed E-state index contributed by atoms with van der Waals surface area (Å²) in [6.45, 7) is 0.517. The van der Waals surface area contributed by atoms with Crippen molar-refractivity contribution in [3.63, 3.8) is 0 Å². The molecule has 1 aromatic carbocycles. The van der Waals surface area contributed by atoms with Crippen LogP contribution in [0, 0.1) is 0 Å². The molecule has 0 fully saturated rings. The van der Waals surface area contributed by atoms with Crippen molar-refractivity contribution in [2.45, 2.75) is 6.42 Å². The van der Waals surface area contributed by atoms with Crippen LogP contribution in [0.2, 0.25) is 5.02 Å². The molecule has 6 nitrogen and oxygen atoms in total. The minimum atomic E-state index is -0.566. The van der Waals surface area contributed by atoms with Crippen LogP contribution in [0.5, 0.6) is 0 Å². The van der Waals surface area contributed by atoms with Crippen molar-refractivity contribution in [1.82, 2.24) is 19.9 Å². The van der Waals surface area contributed by atoms with E-state index in [4.69, 9.17) is 11.6 Å². The van der Waals surface area contributed by atoms with E-state index < -0.39 is 5.69 Å². The van der Waals surface area contributed by atoms with E-state index in [1.165, 1.54) is 0 Å². The molecular weight excluding hydrogens is 352 g/mol. The molecular formula is C19H17ClN4O2. The van der Waals surface area contributed by atoms with Gasteiger partial charge in [-0.1, -0.05) is 23.7 Å². The first-order valence-corrected chi connectivity index (χ1v) is 8.42.